The van der Waals surface area contributed by atoms with E-state index in [4.69, 9.17) is 15.7 Å². The van der Waals surface area contributed by atoms with E-state index in [1.54, 1.807) is 13.2 Å². The van der Waals surface area contributed by atoms with E-state index < -0.39 is 0 Å². The molecule has 1 aromatic carbocycles. The van der Waals surface area contributed by atoms with E-state index in [9.17, 15) is 0 Å². The van der Waals surface area contributed by atoms with Gasteiger partial charge in [0.05, 0.1) is 36.3 Å². The molecule has 0 saturated heterocycles. The second kappa shape index (κ2) is 6.31. The van der Waals surface area contributed by atoms with Crippen molar-refractivity contribution >= 4 is 5.69 Å². The molecule has 0 aliphatic rings. The van der Waals surface area contributed by atoms with Gasteiger partial charge in [0, 0.05) is 0 Å². The largest absolute Gasteiger partial charge is 0.495 e. The molecule has 1 heterocycles. The highest BCUT2D eigenvalue weighted by molar-refractivity contribution is 5.49. The maximum absolute atomic E-state index is 9.02. The molecule has 2 aromatic rings. The topological polar surface area (TPSA) is 76.9 Å². The van der Waals surface area contributed by atoms with Crippen molar-refractivity contribution in [3.63, 3.8) is 0 Å². The highest BCUT2D eigenvalue weighted by atomic mass is 16.5. The lowest BCUT2D eigenvalue weighted by Crippen LogP contribution is -2.07. The Hall–Kier alpha value is -2.48. The summed E-state index contributed by atoms with van der Waals surface area (Å²) in [6.07, 6.45) is 1.66. The number of nitrogens with two attached hydrogens (primary N) is 1. The Labute approximate surface area is 124 Å². The molecule has 1 aromatic heterocycles. The number of aryl methyl sites for hydroxylation is 1. The first-order chi connectivity index (χ1) is 10.1. The number of rotatable bonds is 5. The summed E-state index contributed by atoms with van der Waals surface area (Å²) in [5.41, 5.74) is 10.5. The van der Waals surface area contributed by atoms with Crippen LogP contribution in [0.25, 0.3) is 0 Å². The molecule has 0 fully saturated rings. The number of hydrogen-bond acceptors (Lipinski definition) is 4. The lowest BCUT2D eigenvalue weighted by atomic mass is 10.1. The predicted molar refractivity (Wildman–Crippen MR) is 82.2 cm³/mol. The van der Waals surface area contributed by atoms with Crippen molar-refractivity contribution in [2.24, 2.45) is 0 Å². The van der Waals surface area contributed by atoms with Gasteiger partial charge in [-0.15, -0.1) is 0 Å². The smallest absolute Gasteiger partial charge is 0.136 e. The lowest BCUT2D eigenvalue weighted by Gasteiger charge is -2.09. The van der Waals surface area contributed by atoms with Crippen LogP contribution in [0.5, 0.6) is 5.75 Å². The average Bonchev–Trinajstić information content (AvgIpc) is 2.82. The van der Waals surface area contributed by atoms with E-state index in [0.717, 1.165) is 35.5 Å². The summed E-state index contributed by atoms with van der Waals surface area (Å²) in [5, 5.41) is 13.6. The quantitative estimate of drug-likeness (QED) is 0.915. The van der Waals surface area contributed by atoms with Crippen molar-refractivity contribution in [1.29, 1.82) is 5.26 Å². The van der Waals surface area contributed by atoms with Crippen molar-refractivity contribution in [2.75, 3.05) is 12.8 Å². The van der Waals surface area contributed by atoms with Crippen molar-refractivity contribution in [2.45, 2.75) is 33.2 Å². The normalized spacial score (nSPS) is 10.4. The summed E-state index contributed by atoms with van der Waals surface area (Å²) < 4.78 is 7.18. The second-order valence-electron chi connectivity index (χ2n) is 4.82. The monoisotopic (exact) mass is 284 g/mol. The van der Waals surface area contributed by atoms with Gasteiger partial charge in [0.1, 0.15) is 11.8 Å². The second-order valence-corrected chi connectivity index (χ2v) is 4.82. The summed E-state index contributed by atoms with van der Waals surface area (Å²) in [7, 11) is 1.57. The van der Waals surface area contributed by atoms with Gasteiger partial charge in [-0.1, -0.05) is 19.9 Å². The average molecular weight is 284 g/mol. The number of nitrogens with zero attached hydrogens (tertiary/aromatic N) is 3. The van der Waals surface area contributed by atoms with Gasteiger partial charge in [0.2, 0.25) is 0 Å². The molecule has 0 atom stereocenters. The van der Waals surface area contributed by atoms with Crippen LogP contribution in [0, 0.1) is 11.3 Å². The lowest BCUT2D eigenvalue weighted by molar-refractivity contribution is 0.412. The molecule has 0 bridgehead atoms. The predicted octanol–water partition coefficient (Wildman–Crippen LogP) is 2.52. The number of benzene rings is 1. The van der Waals surface area contributed by atoms with Crippen LogP contribution in [0.1, 0.15) is 36.4 Å². The van der Waals surface area contributed by atoms with Gasteiger partial charge in [-0.2, -0.15) is 10.4 Å². The summed E-state index contributed by atoms with van der Waals surface area (Å²) >= 11 is 0. The number of ether oxygens (including phenoxy) is 1. The molecule has 2 rings (SSSR count). The number of nitriles is 1. The minimum Gasteiger partial charge on any atom is -0.495 e. The molecule has 110 valence electrons. The van der Waals surface area contributed by atoms with Crippen LogP contribution < -0.4 is 10.5 Å². The molecule has 2 N–H and O–H groups in total. The number of nitrogen functional groups attached to an aromatic ring is 1. The molecule has 21 heavy (non-hydrogen) atoms. The molecule has 0 unspecified atom stereocenters. The van der Waals surface area contributed by atoms with Crippen LogP contribution in [-0.4, -0.2) is 16.9 Å². The van der Waals surface area contributed by atoms with Gasteiger partial charge < -0.3 is 10.5 Å². The van der Waals surface area contributed by atoms with Crippen LogP contribution in [-0.2, 0) is 19.4 Å². The minimum atomic E-state index is 0.534. The maximum Gasteiger partial charge on any atom is 0.136 e. The van der Waals surface area contributed by atoms with E-state index >= 15 is 0 Å². The zero-order valence-corrected chi connectivity index (χ0v) is 12.7. The van der Waals surface area contributed by atoms with Crippen LogP contribution in [0.2, 0.25) is 0 Å². The number of aromatic nitrogens is 2. The fourth-order valence-corrected chi connectivity index (χ4v) is 2.43. The number of anilines is 1. The zero-order chi connectivity index (χ0) is 15.4. The van der Waals surface area contributed by atoms with Crippen LogP contribution >= 0.6 is 0 Å². The summed E-state index contributed by atoms with van der Waals surface area (Å²) in [6.45, 7) is 4.74. The van der Waals surface area contributed by atoms with Crippen molar-refractivity contribution in [1.82, 2.24) is 9.78 Å². The SMILES string of the molecule is CCc1nn(Cc2ccc(C#N)c(OC)c2)c(CC)c1N. The van der Waals surface area contributed by atoms with Gasteiger partial charge in [0.15, 0.2) is 0 Å². The highest BCUT2D eigenvalue weighted by Gasteiger charge is 2.13. The molecule has 5 nitrogen and oxygen atoms in total. The van der Waals surface area contributed by atoms with Crippen molar-refractivity contribution in [3.05, 3.63) is 40.7 Å². The molecule has 0 spiro atoms. The molecule has 0 radical (unpaired) electrons. The van der Waals surface area contributed by atoms with Crippen LogP contribution in [0.3, 0.4) is 0 Å². The first-order valence-electron chi connectivity index (χ1n) is 7.05. The Kier molecular flexibility index (Phi) is 4.49. The summed E-state index contributed by atoms with van der Waals surface area (Å²) in [5.74, 6) is 0.587. The molecule has 5 heteroatoms. The number of hydrogen-bond donors (Lipinski definition) is 1. The van der Waals surface area contributed by atoms with Gasteiger partial charge in [-0.25, -0.2) is 0 Å². The Morgan fingerprint density at radius 3 is 2.67 bits per heavy atom. The third-order valence-corrected chi connectivity index (χ3v) is 3.56. The standard InChI is InChI=1S/C16H20N4O/c1-4-13-16(18)14(5-2)20(19-13)10-11-6-7-12(9-17)15(8-11)21-3/h6-8H,4-5,10,18H2,1-3H3. The zero-order valence-electron chi connectivity index (χ0n) is 12.7. The summed E-state index contributed by atoms with van der Waals surface area (Å²) in [6, 6.07) is 7.68. The molecule has 0 amide bonds. The van der Waals surface area contributed by atoms with Gasteiger partial charge in [0.25, 0.3) is 0 Å². The van der Waals surface area contributed by atoms with Crippen LogP contribution in [0.15, 0.2) is 18.2 Å². The van der Waals surface area contributed by atoms with Gasteiger partial charge in [-0.3, -0.25) is 4.68 Å². The Morgan fingerprint density at radius 2 is 2.10 bits per heavy atom. The van der Waals surface area contributed by atoms with E-state index in [-0.39, 0.29) is 0 Å². The molecule has 0 aliphatic heterocycles. The van der Waals surface area contributed by atoms with E-state index in [2.05, 4.69) is 18.1 Å². The van der Waals surface area contributed by atoms with E-state index in [1.807, 2.05) is 23.7 Å². The molecular formula is C16H20N4O. The fourth-order valence-electron chi connectivity index (χ4n) is 2.43. The highest BCUT2D eigenvalue weighted by Crippen LogP contribution is 2.23. The number of methoxy groups -OCH3 is 1. The minimum absolute atomic E-state index is 0.534. The van der Waals surface area contributed by atoms with Gasteiger partial charge in [-0.05, 0) is 30.5 Å². The molecule has 0 saturated carbocycles. The van der Waals surface area contributed by atoms with Crippen molar-refractivity contribution in [3.8, 4) is 11.8 Å². The first-order valence-corrected chi connectivity index (χ1v) is 7.05. The Balaban J connectivity index is 2.36. The van der Waals surface area contributed by atoms with Crippen LogP contribution in [0.4, 0.5) is 5.69 Å². The first kappa shape index (κ1) is 14.9. The van der Waals surface area contributed by atoms with E-state index in [0.29, 0.717) is 17.9 Å². The van der Waals surface area contributed by atoms with Gasteiger partial charge >= 0.3 is 0 Å². The third-order valence-electron chi connectivity index (χ3n) is 3.56. The molecular weight excluding hydrogens is 264 g/mol. The Bertz CT molecular complexity index is 682. The maximum atomic E-state index is 9.02. The summed E-state index contributed by atoms with van der Waals surface area (Å²) in [4.78, 5) is 0. The molecule has 0 aliphatic carbocycles. The third kappa shape index (κ3) is 2.84. The van der Waals surface area contributed by atoms with Crippen molar-refractivity contribution < 1.29 is 4.74 Å². The Morgan fingerprint density at radius 1 is 1.33 bits per heavy atom. The van der Waals surface area contributed by atoms with E-state index in [1.165, 1.54) is 0 Å². The fraction of sp³-hybridized carbons (Fsp3) is 0.375.